The molecule has 0 atom stereocenters. The molecule has 2 aliphatic rings. The fraction of sp³-hybridized carbons (Fsp3) is 0.432. The monoisotopic (exact) mass is 626 g/mol. The number of nitrogens with one attached hydrogen (secondary N) is 1. The maximum Gasteiger partial charge on any atom is 0.253 e. The van der Waals surface area contributed by atoms with Crippen LogP contribution in [0, 0.1) is 0 Å². The fourth-order valence-corrected chi connectivity index (χ4v) is 6.59. The van der Waals surface area contributed by atoms with E-state index in [1.165, 1.54) is 18.4 Å². The Hall–Kier alpha value is -4.53. The van der Waals surface area contributed by atoms with Crippen molar-refractivity contribution in [1.82, 2.24) is 15.1 Å². The average molecular weight is 627 g/mol. The molecule has 0 radical (unpaired) electrons. The van der Waals surface area contributed by atoms with Gasteiger partial charge in [0.05, 0.1) is 20.9 Å². The average Bonchev–Trinajstić information content (AvgIpc) is 3.35. The van der Waals surface area contributed by atoms with Gasteiger partial charge in [0.15, 0.2) is 11.5 Å². The summed E-state index contributed by atoms with van der Waals surface area (Å²) in [4.78, 5) is 46.2. The predicted octanol–water partition coefficient (Wildman–Crippen LogP) is 5.08. The van der Waals surface area contributed by atoms with E-state index in [0.717, 1.165) is 24.1 Å². The van der Waals surface area contributed by atoms with Gasteiger partial charge < -0.3 is 29.5 Å². The van der Waals surface area contributed by atoms with Crippen molar-refractivity contribution in [2.45, 2.75) is 57.4 Å². The highest BCUT2D eigenvalue weighted by Gasteiger charge is 2.54. The number of amides is 3. The summed E-state index contributed by atoms with van der Waals surface area (Å²) in [7, 11) is 3.19. The van der Waals surface area contributed by atoms with Crippen LogP contribution < -0.4 is 19.7 Å². The largest absolute Gasteiger partial charge is 0.493 e. The highest BCUT2D eigenvalue weighted by atomic mass is 16.5. The minimum absolute atomic E-state index is 0.00243. The Morgan fingerprint density at radius 1 is 0.848 bits per heavy atom. The van der Waals surface area contributed by atoms with E-state index in [9.17, 15) is 14.4 Å². The third-order valence-electron chi connectivity index (χ3n) is 9.25. The van der Waals surface area contributed by atoms with Crippen molar-refractivity contribution in [3.8, 4) is 11.5 Å². The first-order valence-corrected chi connectivity index (χ1v) is 16.4. The third-order valence-corrected chi connectivity index (χ3v) is 9.25. The second-order valence-corrected chi connectivity index (χ2v) is 12.2. The number of anilines is 1. The predicted molar refractivity (Wildman–Crippen MR) is 179 cm³/mol. The number of piperidine rings is 1. The van der Waals surface area contributed by atoms with Gasteiger partial charge in [-0.05, 0) is 79.6 Å². The Bertz CT molecular complexity index is 1490. The van der Waals surface area contributed by atoms with E-state index >= 15 is 0 Å². The highest BCUT2D eigenvalue weighted by molar-refractivity contribution is 5.97. The highest BCUT2D eigenvalue weighted by Crippen LogP contribution is 2.39. The van der Waals surface area contributed by atoms with E-state index in [2.05, 4.69) is 29.3 Å². The van der Waals surface area contributed by atoms with E-state index in [1.807, 2.05) is 65.6 Å². The van der Waals surface area contributed by atoms with E-state index in [1.54, 1.807) is 19.1 Å². The molecule has 5 rings (SSSR count). The van der Waals surface area contributed by atoms with Crippen LogP contribution in [-0.4, -0.2) is 80.1 Å². The molecule has 2 heterocycles. The summed E-state index contributed by atoms with van der Waals surface area (Å²) in [6.45, 7) is 3.86. The van der Waals surface area contributed by atoms with Crippen molar-refractivity contribution in [3.63, 3.8) is 0 Å². The van der Waals surface area contributed by atoms with E-state index < -0.39 is 5.54 Å². The molecule has 3 amide bonds. The number of para-hydroxylation sites is 1. The zero-order valence-electron chi connectivity index (χ0n) is 27.3. The summed E-state index contributed by atoms with van der Waals surface area (Å²) in [5, 5.41) is 2.97. The lowest BCUT2D eigenvalue weighted by Crippen LogP contribution is -2.57. The van der Waals surface area contributed by atoms with Crippen LogP contribution in [0.25, 0.3) is 0 Å². The van der Waals surface area contributed by atoms with Gasteiger partial charge in [-0.15, -0.1) is 0 Å². The molecule has 0 aliphatic carbocycles. The smallest absolute Gasteiger partial charge is 0.253 e. The molecule has 3 aromatic rings. The lowest BCUT2D eigenvalue weighted by Gasteiger charge is -2.43. The Kier molecular flexibility index (Phi) is 10.8. The molecule has 0 unspecified atom stereocenters. The molecule has 2 fully saturated rings. The van der Waals surface area contributed by atoms with Gasteiger partial charge >= 0.3 is 0 Å². The number of nitrogens with zero attached hydrogens (tertiary/aromatic N) is 3. The Morgan fingerprint density at radius 2 is 1.54 bits per heavy atom. The number of unbranched alkanes of at least 4 members (excludes halogenated alkanes) is 2. The van der Waals surface area contributed by atoms with Gasteiger partial charge in [-0.25, -0.2) is 0 Å². The van der Waals surface area contributed by atoms with E-state index in [-0.39, 0.29) is 24.3 Å². The number of likely N-dealkylation sites (tertiary alicyclic amines) is 1. The first kappa shape index (κ1) is 32.9. The molecule has 2 saturated heterocycles. The van der Waals surface area contributed by atoms with Crippen LogP contribution in [0.5, 0.6) is 11.5 Å². The lowest BCUT2D eigenvalue weighted by atomic mass is 9.85. The number of carbonyl (C=O) groups is 3. The van der Waals surface area contributed by atoms with Crippen LogP contribution in [0.15, 0.2) is 72.8 Å². The third kappa shape index (κ3) is 7.30. The topological polar surface area (TPSA) is 91.4 Å². The van der Waals surface area contributed by atoms with Crippen LogP contribution in [0.3, 0.4) is 0 Å². The van der Waals surface area contributed by atoms with Gasteiger partial charge in [0, 0.05) is 30.9 Å². The first-order chi connectivity index (χ1) is 22.4. The lowest BCUT2D eigenvalue weighted by molar-refractivity contribution is -0.137. The molecular formula is C37H46N4O5. The molecule has 46 heavy (non-hydrogen) atoms. The van der Waals surface area contributed by atoms with Gasteiger partial charge in [0.2, 0.25) is 5.91 Å². The Balaban J connectivity index is 1.21. The van der Waals surface area contributed by atoms with Crippen molar-refractivity contribution >= 4 is 23.4 Å². The number of hydrogen-bond acceptors (Lipinski definition) is 6. The molecule has 244 valence electrons. The summed E-state index contributed by atoms with van der Waals surface area (Å²) in [5.41, 5.74) is 3.07. The molecule has 0 saturated carbocycles. The van der Waals surface area contributed by atoms with Gasteiger partial charge in [-0.1, -0.05) is 56.2 Å². The summed E-state index contributed by atoms with van der Waals surface area (Å²) >= 11 is 0. The first-order valence-electron chi connectivity index (χ1n) is 16.4. The van der Waals surface area contributed by atoms with Crippen molar-refractivity contribution < 1.29 is 23.9 Å². The number of hydrogen-bond donors (Lipinski definition) is 1. The molecule has 0 bridgehead atoms. The fourth-order valence-electron chi connectivity index (χ4n) is 6.59. The molecule has 3 aromatic carbocycles. The van der Waals surface area contributed by atoms with Crippen molar-refractivity contribution in [3.05, 3.63) is 89.5 Å². The maximum atomic E-state index is 14.1. The zero-order valence-corrected chi connectivity index (χ0v) is 27.3. The summed E-state index contributed by atoms with van der Waals surface area (Å²) in [5.74, 6) is 1.03. The van der Waals surface area contributed by atoms with Crippen LogP contribution >= 0.6 is 0 Å². The molecule has 9 heteroatoms. The SMILES string of the molecule is CCCCCc1ccc(C(=O)N2CCC3(CC2)C(=O)N(CC(=O)NCCc2ccc(OC)c(OC)c2)CN3c2ccccc2)cc1. The number of carbonyl (C=O) groups excluding carboxylic acids is 3. The minimum atomic E-state index is -0.804. The van der Waals surface area contributed by atoms with E-state index in [0.29, 0.717) is 62.6 Å². The van der Waals surface area contributed by atoms with Crippen LogP contribution in [0.2, 0.25) is 0 Å². The summed E-state index contributed by atoms with van der Waals surface area (Å²) in [6.07, 6.45) is 6.19. The Labute approximate surface area is 272 Å². The summed E-state index contributed by atoms with van der Waals surface area (Å²) in [6, 6.07) is 23.5. The van der Waals surface area contributed by atoms with Gasteiger partial charge in [-0.3, -0.25) is 14.4 Å². The van der Waals surface area contributed by atoms with Crippen LogP contribution in [0.1, 0.15) is 60.5 Å². The number of ether oxygens (including phenoxy) is 2. The van der Waals surface area contributed by atoms with Crippen LogP contribution in [-0.2, 0) is 22.4 Å². The number of methoxy groups -OCH3 is 2. The molecule has 9 nitrogen and oxygen atoms in total. The second-order valence-electron chi connectivity index (χ2n) is 12.2. The quantitative estimate of drug-likeness (QED) is 0.266. The number of benzene rings is 3. The van der Waals surface area contributed by atoms with Crippen molar-refractivity contribution in [1.29, 1.82) is 0 Å². The van der Waals surface area contributed by atoms with Gasteiger partial charge in [0.25, 0.3) is 11.8 Å². The van der Waals surface area contributed by atoms with Crippen LogP contribution in [0.4, 0.5) is 5.69 Å². The second kappa shape index (κ2) is 15.2. The molecular weight excluding hydrogens is 580 g/mol. The van der Waals surface area contributed by atoms with E-state index in [4.69, 9.17) is 9.47 Å². The standard InChI is InChI=1S/C37H46N4O5/c1-4-5-7-10-28-13-16-30(17-14-28)35(43)39-23-20-37(21-24-39)36(44)40(27-41(37)31-11-8-6-9-12-31)26-34(42)38-22-19-29-15-18-32(45-2)33(25-29)46-3/h6,8-9,11-18,25H,4-5,7,10,19-24,26-27H2,1-3H3,(H,38,42). The molecule has 1 spiro atoms. The summed E-state index contributed by atoms with van der Waals surface area (Å²) < 4.78 is 10.7. The van der Waals surface area contributed by atoms with Gasteiger partial charge in [0.1, 0.15) is 12.1 Å². The van der Waals surface area contributed by atoms with Crippen molar-refractivity contribution in [2.75, 3.05) is 52.0 Å². The molecule has 0 aromatic heterocycles. The molecule has 2 aliphatic heterocycles. The number of rotatable bonds is 13. The normalized spacial score (nSPS) is 15.7. The van der Waals surface area contributed by atoms with Gasteiger partial charge in [-0.2, -0.15) is 0 Å². The maximum absolute atomic E-state index is 14.1. The van der Waals surface area contributed by atoms with Crippen molar-refractivity contribution in [2.24, 2.45) is 0 Å². The Morgan fingerprint density at radius 3 is 2.22 bits per heavy atom. The zero-order chi connectivity index (χ0) is 32.5. The minimum Gasteiger partial charge on any atom is -0.493 e. The molecule has 1 N–H and O–H groups in total. The number of aryl methyl sites for hydroxylation is 1.